The SMILES string of the molecule is Cc1cc(NC(=O)c2cc(=O)[nH]c3ccc(F)cc23)n(-c2cccc(C(F)(F)F)c2)n1. The molecule has 0 fully saturated rings. The molecule has 0 radical (unpaired) electrons. The van der Waals surface area contributed by atoms with E-state index in [1.165, 1.54) is 24.3 Å². The van der Waals surface area contributed by atoms with Gasteiger partial charge in [-0.1, -0.05) is 6.07 Å². The number of hydrogen-bond donors (Lipinski definition) is 2. The molecule has 2 aromatic carbocycles. The number of rotatable bonds is 3. The predicted molar refractivity (Wildman–Crippen MR) is 106 cm³/mol. The fourth-order valence-electron chi connectivity index (χ4n) is 3.20. The fraction of sp³-hybridized carbons (Fsp3) is 0.0952. The zero-order chi connectivity index (χ0) is 22.3. The maximum atomic E-state index is 13.7. The van der Waals surface area contributed by atoms with Gasteiger partial charge in [-0.2, -0.15) is 18.3 Å². The highest BCUT2D eigenvalue weighted by Crippen LogP contribution is 2.31. The van der Waals surface area contributed by atoms with Crippen LogP contribution >= 0.6 is 0 Å². The Bertz CT molecular complexity index is 1370. The van der Waals surface area contributed by atoms with Gasteiger partial charge >= 0.3 is 6.18 Å². The smallest absolute Gasteiger partial charge is 0.322 e. The molecule has 0 atom stereocenters. The normalized spacial score (nSPS) is 11.6. The van der Waals surface area contributed by atoms with Gasteiger partial charge < -0.3 is 10.3 Å². The summed E-state index contributed by atoms with van der Waals surface area (Å²) in [6, 6.07) is 10.5. The third kappa shape index (κ3) is 4.04. The molecule has 0 aliphatic carbocycles. The number of carbonyl (C=O) groups is 1. The van der Waals surface area contributed by atoms with E-state index in [1.807, 2.05) is 0 Å². The molecular formula is C21H14F4N4O2. The number of alkyl halides is 3. The molecule has 4 aromatic rings. The highest BCUT2D eigenvalue weighted by Gasteiger charge is 2.30. The number of carbonyl (C=O) groups excluding carboxylic acids is 1. The second-order valence-corrected chi connectivity index (χ2v) is 6.82. The molecule has 0 aliphatic heterocycles. The van der Waals surface area contributed by atoms with Gasteiger partial charge in [-0.05, 0) is 43.3 Å². The van der Waals surface area contributed by atoms with E-state index in [0.29, 0.717) is 5.69 Å². The van der Waals surface area contributed by atoms with Gasteiger partial charge in [0.25, 0.3) is 5.91 Å². The molecule has 0 bridgehead atoms. The number of amides is 1. The van der Waals surface area contributed by atoms with Crippen LogP contribution in [-0.4, -0.2) is 20.7 Å². The van der Waals surface area contributed by atoms with Crippen molar-refractivity contribution in [2.24, 2.45) is 0 Å². The van der Waals surface area contributed by atoms with Crippen molar-refractivity contribution in [1.82, 2.24) is 14.8 Å². The lowest BCUT2D eigenvalue weighted by Gasteiger charge is -2.12. The second kappa shape index (κ2) is 7.38. The van der Waals surface area contributed by atoms with Crippen molar-refractivity contribution in [2.45, 2.75) is 13.1 Å². The summed E-state index contributed by atoms with van der Waals surface area (Å²) in [6.45, 7) is 1.61. The number of anilines is 1. The first-order chi connectivity index (χ1) is 14.6. The molecule has 4 rings (SSSR count). The summed E-state index contributed by atoms with van der Waals surface area (Å²) in [6.07, 6.45) is -4.55. The molecule has 1 amide bonds. The topological polar surface area (TPSA) is 79.8 Å². The molecule has 0 aliphatic rings. The van der Waals surface area contributed by atoms with E-state index in [9.17, 15) is 27.2 Å². The van der Waals surface area contributed by atoms with E-state index >= 15 is 0 Å². The van der Waals surface area contributed by atoms with Crippen molar-refractivity contribution in [3.63, 3.8) is 0 Å². The van der Waals surface area contributed by atoms with E-state index in [2.05, 4.69) is 15.4 Å². The number of aromatic amines is 1. The van der Waals surface area contributed by atoms with E-state index in [0.717, 1.165) is 35.0 Å². The van der Waals surface area contributed by atoms with Crippen molar-refractivity contribution in [1.29, 1.82) is 0 Å². The average Bonchev–Trinajstić information content (AvgIpc) is 3.07. The summed E-state index contributed by atoms with van der Waals surface area (Å²) in [7, 11) is 0. The Kier molecular flexibility index (Phi) is 4.84. The van der Waals surface area contributed by atoms with Crippen LogP contribution < -0.4 is 10.9 Å². The monoisotopic (exact) mass is 430 g/mol. The molecule has 2 aromatic heterocycles. The van der Waals surface area contributed by atoms with Crippen molar-refractivity contribution < 1.29 is 22.4 Å². The number of fused-ring (bicyclic) bond motifs is 1. The average molecular weight is 430 g/mol. The number of nitrogens with zero attached hydrogens (tertiary/aromatic N) is 2. The third-order valence-corrected chi connectivity index (χ3v) is 4.54. The Hall–Kier alpha value is -3.95. The second-order valence-electron chi connectivity index (χ2n) is 6.82. The standard InChI is InChI=1S/C21H14F4N4O2/c1-11-7-18(29(28-11)14-4-2-3-12(8-14)21(23,24)25)27-20(31)16-10-19(30)26-17-6-5-13(22)9-15(16)17/h2-10H,1H3,(H,26,30)(H,27,31). The highest BCUT2D eigenvalue weighted by molar-refractivity contribution is 6.12. The zero-order valence-electron chi connectivity index (χ0n) is 15.9. The number of hydrogen-bond acceptors (Lipinski definition) is 3. The molecule has 6 nitrogen and oxygen atoms in total. The summed E-state index contributed by atoms with van der Waals surface area (Å²) < 4.78 is 54.1. The van der Waals surface area contributed by atoms with Gasteiger partial charge in [0.2, 0.25) is 5.56 Å². The molecular weight excluding hydrogens is 416 g/mol. The number of aryl methyl sites for hydroxylation is 1. The maximum Gasteiger partial charge on any atom is 0.416 e. The van der Waals surface area contributed by atoms with Crippen molar-refractivity contribution in [3.05, 3.63) is 87.6 Å². The minimum absolute atomic E-state index is 0.0834. The first-order valence-electron chi connectivity index (χ1n) is 9.00. The summed E-state index contributed by atoms with van der Waals surface area (Å²) >= 11 is 0. The number of benzene rings is 2. The van der Waals surface area contributed by atoms with Crippen LogP contribution in [0.2, 0.25) is 0 Å². The lowest BCUT2D eigenvalue weighted by atomic mass is 10.1. The molecule has 158 valence electrons. The fourth-order valence-corrected chi connectivity index (χ4v) is 3.20. The van der Waals surface area contributed by atoms with Crippen LogP contribution in [0, 0.1) is 12.7 Å². The summed E-state index contributed by atoms with van der Waals surface area (Å²) in [5, 5.41) is 6.88. The molecule has 0 unspecified atom stereocenters. The number of halogens is 4. The molecule has 0 spiro atoms. The van der Waals surface area contributed by atoms with Gasteiger partial charge in [0.1, 0.15) is 11.6 Å². The Morgan fingerprint density at radius 1 is 1.10 bits per heavy atom. The van der Waals surface area contributed by atoms with Gasteiger partial charge in [0, 0.05) is 23.0 Å². The van der Waals surface area contributed by atoms with Crippen LogP contribution in [0.5, 0.6) is 0 Å². The van der Waals surface area contributed by atoms with Crippen molar-refractivity contribution >= 4 is 22.6 Å². The Morgan fingerprint density at radius 3 is 2.61 bits per heavy atom. The third-order valence-electron chi connectivity index (χ3n) is 4.54. The molecule has 2 heterocycles. The number of aromatic nitrogens is 3. The molecule has 0 saturated carbocycles. The van der Waals surface area contributed by atoms with Gasteiger partial charge in [-0.15, -0.1) is 0 Å². The molecule has 0 saturated heterocycles. The highest BCUT2D eigenvalue weighted by atomic mass is 19.4. The first kappa shape index (κ1) is 20.3. The van der Waals surface area contributed by atoms with Gasteiger partial charge in [0.15, 0.2) is 0 Å². The van der Waals surface area contributed by atoms with Gasteiger partial charge in [-0.25, -0.2) is 9.07 Å². The number of pyridine rings is 1. The Balaban J connectivity index is 1.76. The lowest BCUT2D eigenvalue weighted by Crippen LogP contribution is -2.19. The predicted octanol–water partition coefficient (Wildman–Crippen LogP) is 4.43. The zero-order valence-corrected chi connectivity index (χ0v) is 15.9. The summed E-state index contributed by atoms with van der Waals surface area (Å²) in [5.74, 6) is -1.25. The Morgan fingerprint density at radius 2 is 1.87 bits per heavy atom. The van der Waals surface area contributed by atoms with E-state index in [1.54, 1.807) is 6.92 Å². The number of H-pyrrole nitrogens is 1. The summed E-state index contributed by atoms with van der Waals surface area (Å²) in [5.41, 5.74) is -0.734. The van der Waals surface area contributed by atoms with E-state index in [4.69, 9.17) is 0 Å². The van der Waals surface area contributed by atoms with Crippen LogP contribution in [0.25, 0.3) is 16.6 Å². The maximum absolute atomic E-state index is 13.7. The number of nitrogens with one attached hydrogen (secondary N) is 2. The quantitative estimate of drug-likeness (QED) is 0.472. The van der Waals surface area contributed by atoms with E-state index in [-0.39, 0.29) is 28.0 Å². The minimum atomic E-state index is -4.55. The molecule has 10 heteroatoms. The summed E-state index contributed by atoms with van der Waals surface area (Å²) in [4.78, 5) is 27.3. The minimum Gasteiger partial charge on any atom is -0.322 e. The first-order valence-corrected chi connectivity index (χ1v) is 9.00. The van der Waals surface area contributed by atoms with Crippen LogP contribution in [0.4, 0.5) is 23.4 Å². The Labute approximate surface area is 172 Å². The lowest BCUT2D eigenvalue weighted by molar-refractivity contribution is -0.137. The van der Waals surface area contributed by atoms with Crippen LogP contribution in [0.15, 0.2) is 59.4 Å². The van der Waals surface area contributed by atoms with Crippen molar-refractivity contribution in [2.75, 3.05) is 5.32 Å². The van der Waals surface area contributed by atoms with Gasteiger partial charge in [-0.3, -0.25) is 9.59 Å². The van der Waals surface area contributed by atoms with Crippen molar-refractivity contribution in [3.8, 4) is 5.69 Å². The van der Waals surface area contributed by atoms with Crippen LogP contribution in [0.1, 0.15) is 21.6 Å². The molecule has 2 N–H and O–H groups in total. The van der Waals surface area contributed by atoms with Crippen LogP contribution in [-0.2, 0) is 6.18 Å². The van der Waals surface area contributed by atoms with E-state index < -0.39 is 29.0 Å². The van der Waals surface area contributed by atoms with Crippen LogP contribution in [0.3, 0.4) is 0 Å². The largest absolute Gasteiger partial charge is 0.416 e. The van der Waals surface area contributed by atoms with Gasteiger partial charge in [0.05, 0.1) is 22.5 Å². The molecule has 31 heavy (non-hydrogen) atoms.